The standard InChI is InChI=1S/C44H49N3O/c1-27(2)29-18-15-19-30(28(3)4)41(29)47-38-22-16-20-31(40(38)46-42(47)32-17-11-12-23-39(32)48)33-25-34(37-21-13-14-24-45-37)36(44(8,9)10)26-35(33)43(5,6)7/h11-28,48H,1-10H3. The van der Waals surface area contributed by atoms with Gasteiger partial charge in [-0.1, -0.05) is 124 Å². The van der Waals surface area contributed by atoms with Gasteiger partial charge in [0.2, 0.25) is 0 Å². The van der Waals surface area contributed by atoms with Crippen molar-refractivity contribution >= 4 is 11.0 Å². The zero-order valence-corrected chi connectivity index (χ0v) is 30.2. The van der Waals surface area contributed by atoms with Crippen LogP contribution in [0.3, 0.4) is 0 Å². The molecule has 6 rings (SSSR count). The summed E-state index contributed by atoms with van der Waals surface area (Å²) in [6.45, 7) is 22.7. The van der Waals surface area contributed by atoms with Crippen LogP contribution in [0, 0.1) is 0 Å². The van der Waals surface area contributed by atoms with Gasteiger partial charge in [0.15, 0.2) is 0 Å². The Kier molecular flexibility index (Phi) is 8.57. The second-order valence-corrected chi connectivity index (χ2v) is 15.7. The van der Waals surface area contributed by atoms with Crippen molar-refractivity contribution in [3.8, 4) is 45.2 Å². The topological polar surface area (TPSA) is 50.9 Å². The monoisotopic (exact) mass is 635 g/mol. The van der Waals surface area contributed by atoms with E-state index >= 15 is 0 Å². The van der Waals surface area contributed by atoms with E-state index in [-0.39, 0.29) is 28.4 Å². The lowest BCUT2D eigenvalue weighted by atomic mass is 9.74. The maximum Gasteiger partial charge on any atom is 0.149 e. The van der Waals surface area contributed by atoms with Crippen LogP contribution in [0.5, 0.6) is 5.75 Å². The number of hydrogen-bond donors (Lipinski definition) is 1. The van der Waals surface area contributed by atoms with Crippen molar-refractivity contribution in [3.05, 3.63) is 119 Å². The van der Waals surface area contributed by atoms with E-state index in [1.54, 1.807) is 6.07 Å². The normalized spacial score (nSPS) is 12.4. The van der Waals surface area contributed by atoms with Crippen LogP contribution in [-0.2, 0) is 10.8 Å². The lowest BCUT2D eigenvalue weighted by Gasteiger charge is -2.30. The summed E-state index contributed by atoms with van der Waals surface area (Å²) >= 11 is 0. The fraction of sp³-hybridized carbons (Fsp3) is 0.318. The zero-order valence-electron chi connectivity index (χ0n) is 30.2. The number of aromatic nitrogens is 3. The van der Waals surface area contributed by atoms with Crippen molar-refractivity contribution in [1.29, 1.82) is 0 Å². The summed E-state index contributed by atoms with van der Waals surface area (Å²) in [5.74, 6) is 1.52. The molecule has 0 fully saturated rings. The molecule has 0 atom stereocenters. The molecular weight excluding hydrogens is 587 g/mol. The Balaban J connectivity index is 1.78. The summed E-state index contributed by atoms with van der Waals surface area (Å²) < 4.78 is 2.30. The van der Waals surface area contributed by atoms with Gasteiger partial charge in [0.25, 0.3) is 0 Å². The molecule has 0 amide bonds. The number of imidazole rings is 1. The van der Waals surface area contributed by atoms with Gasteiger partial charge in [-0.05, 0) is 86.9 Å². The molecule has 48 heavy (non-hydrogen) atoms. The minimum atomic E-state index is -0.141. The molecular formula is C44H49N3O. The molecule has 6 aromatic rings. The summed E-state index contributed by atoms with van der Waals surface area (Å²) in [6.07, 6.45) is 1.87. The van der Waals surface area contributed by atoms with Crippen molar-refractivity contribution in [2.75, 3.05) is 0 Å². The molecule has 0 saturated carbocycles. The van der Waals surface area contributed by atoms with Crippen LogP contribution in [0.1, 0.15) is 103 Å². The number of fused-ring (bicyclic) bond motifs is 1. The number of phenols is 1. The lowest BCUT2D eigenvalue weighted by molar-refractivity contribution is 0.477. The second-order valence-electron chi connectivity index (χ2n) is 15.7. The SMILES string of the molecule is CC(C)c1cccc(C(C)C)c1-n1c(-c2ccccc2O)nc2c(-c3cc(-c4ccccn4)c(C(C)(C)C)cc3C(C)(C)C)cccc21. The van der Waals surface area contributed by atoms with Gasteiger partial charge in [0.1, 0.15) is 11.6 Å². The molecule has 0 aliphatic heterocycles. The number of benzene rings is 4. The second kappa shape index (κ2) is 12.4. The van der Waals surface area contributed by atoms with Gasteiger partial charge in [0, 0.05) is 17.3 Å². The number of rotatable bonds is 6. The van der Waals surface area contributed by atoms with Crippen LogP contribution in [0.2, 0.25) is 0 Å². The van der Waals surface area contributed by atoms with Gasteiger partial charge in [-0.15, -0.1) is 0 Å². The van der Waals surface area contributed by atoms with Gasteiger partial charge >= 0.3 is 0 Å². The van der Waals surface area contributed by atoms with E-state index in [9.17, 15) is 5.11 Å². The molecule has 4 nitrogen and oxygen atoms in total. The summed E-state index contributed by atoms with van der Waals surface area (Å²) in [6, 6.07) is 31.6. The number of para-hydroxylation sites is 3. The molecule has 4 heteroatoms. The first kappa shape index (κ1) is 33.2. The quantitative estimate of drug-likeness (QED) is 0.198. The fourth-order valence-corrected chi connectivity index (χ4v) is 6.95. The number of aromatic hydroxyl groups is 1. The highest BCUT2D eigenvalue weighted by Crippen LogP contribution is 2.45. The van der Waals surface area contributed by atoms with E-state index in [2.05, 4.69) is 134 Å². The minimum Gasteiger partial charge on any atom is -0.507 e. The molecule has 0 bridgehead atoms. The Labute approximate surface area is 286 Å². The van der Waals surface area contributed by atoms with Crippen molar-refractivity contribution in [1.82, 2.24) is 14.5 Å². The predicted octanol–water partition coefficient (Wildman–Crippen LogP) is 12.0. The third-order valence-corrected chi connectivity index (χ3v) is 9.40. The number of hydrogen-bond acceptors (Lipinski definition) is 3. The van der Waals surface area contributed by atoms with Crippen molar-refractivity contribution in [2.24, 2.45) is 0 Å². The lowest BCUT2D eigenvalue weighted by Crippen LogP contribution is -2.19. The van der Waals surface area contributed by atoms with E-state index in [1.165, 1.54) is 22.3 Å². The zero-order chi connectivity index (χ0) is 34.5. The van der Waals surface area contributed by atoms with E-state index < -0.39 is 0 Å². The maximum absolute atomic E-state index is 11.3. The average Bonchev–Trinajstić information content (AvgIpc) is 3.42. The summed E-state index contributed by atoms with van der Waals surface area (Å²) in [5, 5.41) is 11.3. The minimum absolute atomic E-state index is 0.0925. The van der Waals surface area contributed by atoms with Gasteiger partial charge in [0.05, 0.1) is 28.0 Å². The molecule has 0 aliphatic carbocycles. The molecule has 4 aromatic carbocycles. The maximum atomic E-state index is 11.3. The largest absolute Gasteiger partial charge is 0.507 e. The molecule has 0 aliphatic rings. The highest BCUT2D eigenvalue weighted by molar-refractivity contribution is 5.98. The summed E-state index contributed by atoms with van der Waals surface area (Å²) in [5.41, 5.74) is 12.9. The van der Waals surface area contributed by atoms with Gasteiger partial charge in [-0.2, -0.15) is 0 Å². The van der Waals surface area contributed by atoms with Crippen LogP contribution < -0.4 is 0 Å². The molecule has 0 saturated heterocycles. The van der Waals surface area contributed by atoms with Gasteiger partial charge < -0.3 is 5.11 Å². The summed E-state index contributed by atoms with van der Waals surface area (Å²) in [4.78, 5) is 10.3. The smallest absolute Gasteiger partial charge is 0.149 e. The van der Waals surface area contributed by atoms with E-state index in [0.717, 1.165) is 44.9 Å². The Bertz CT molecular complexity index is 2080. The van der Waals surface area contributed by atoms with Crippen LogP contribution in [0.25, 0.3) is 50.5 Å². The highest BCUT2D eigenvalue weighted by atomic mass is 16.3. The molecule has 1 N–H and O–H groups in total. The van der Waals surface area contributed by atoms with E-state index in [0.29, 0.717) is 5.56 Å². The fourth-order valence-electron chi connectivity index (χ4n) is 6.95. The van der Waals surface area contributed by atoms with Crippen molar-refractivity contribution in [3.63, 3.8) is 0 Å². The number of nitrogens with zero attached hydrogens (tertiary/aromatic N) is 3. The molecule has 0 unspecified atom stereocenters. The molecule has 2 heterocycles. The average molecular weight is 636 g/mol. The Hall–Kier alpha value is -4.70. The Morgan fingerprint density at radius 3 is 1.77 bits per heavy atom. The Morgan fingerprint density at radius 1 is 0.604 bits per heavy atom. The van der Waals surface area contributed by atoms with Crippen LogP contribution in [-0.4, -0.2) is 19.6 Å². The third kappa shape index (κ3) is 5.94. The first-order chi connectivity index (χ1) is 22.7. The van der Waals surface area contributed by atoms with Crippen LogP contribution >= 0.6 is 0 Å². The molecule has 2 aromatic heterocycles. The first-order valence-electron chi connectivity index (χ1n) is 17.2. The number of pyridine rings is 1. The van der Waals surface area contributed by atoms with E-state index in [1.807, 2.05) is 30.5 Å². The predicted molar refractivity (Wildman–Crippen MR) is 202 cm³/mol. The third-order valence-electron chi connectivity index (χ3n) is 9.40. The Morgan fingerprint density at radius 2 is 1.19 bits per heavy atom. The van der Waals surface area contributed by atoms with Crippen molar-refractivity contribution < 1.29 is 5.11 Å². The van der Waals surface area contributed by atoms with Crippen LogP contribution in [0.15, 0.2) is 97.2 Å². The highest BCUT2D eigenvalue weighted by Gasteiger charge is 2.29. The van der Waals surface area contributed by atoms with Gasteiger partial charge in [-0.25, -0.2) is 4.98 Å². The number of phenolic OH excluding ortho intramolecular Hbond substituents is 1. The summed E-state index contributed by atoms with van der Waals surface area (Å²) in [7, 11) is 0. The first-order valence-corrected chi connectivity index (χ1v) is 17.2. The van der Waals surface area contributed by atoms with Crippen LogP contribution in [0.4, 0.5) is 0 Å². The molecule has 246 valence electrons. The van der Waals surface area contributed by atoms with E-state index in [4.69, 9.17) is 9.97 Å². The molecule has 0 spiro atoms. The van der Waals surface area contributed by atoms with Gasteiger partial charge in [-0.3, -0.25) is 9.55 Å². The van der Waals surface area contributed by atoms with Crippen molar-refractivity contribution in [2.45, 2.75) is 91.9 Å². The molecule has 0 radical (unpaired) electrons.